The highest BCUT2D eigenvalue weighted by atomic mass is 35.5. The van der Waals surface area contributed by atoms with E-state index in [0.717, 1.165) is 24.6 Å². The van der Waals surface area contributed by atoms with Crippen molar-refractivity contribution in [3.63, 3.8) is 0 Å². The van der Waals surface area contributed by atoms with Crippen molar-refractivity contribution in [2.75, 3.05) is 18.0 Å². The van der Waals surface area contributed by atoms with Gasteiger partial charge in [-0.25, -0.2) is 0 Å². The van der Waals surface area contributed by atoms with E-state index < -0.39 is 0 Å². The van der Waals surface area contributed by atoms with Gasteiger partial charge < -0.3 is 10.2 Å². The first kappa shape index (κ1) is 17.8. The van der Waals surface area contributed by atoms with Crippen LogP contribution in [0.2, 0.25) is 5.02 Å². The third-order valence-corrected chi connectivity index (χ3v) is 5.34. The first-order chi connectivity index (χ1) is 12.0. The fourth-order valence-corrected chi connectivity index (χ4v) is 3.47. The molecule has 1 saturated heterocycles. The Morgan fingerprint density at radius 3 is 2.40 bits per heavy atom. The lowest BCUT2D eigenvalue weighted by Crippen LogP contribution is -2.32. The van der Waals surface area contributed by atoms with Gasteiger partial charge in [-0.2, -0.15) is 0 Å². The molecule has 132 valence electrons. The van der Waals surface area contributed by atoms with Crippen LogP contribution in [0.5, 0.6) is 0 Å². The van der Waals surface area contributed by atoms with E-state index in [-0.39, 0.29) is 11.9 Å². The molecule has 1 aliphatic heterocycles. The molecule has 0 unspecified atom stereocenters. The van der Waals surface area contributed by atoms with Crippen molar-refractivity contribution >= 4 is 23.2 Å². The molecule has 0 radical (unpaired) electrons. The minimum atomic E-state index is -0.146. The third kappa shape index (κ3) is 4.35. The molecule has 0 aliphatic carbocycles. The average Bonchev–Trinajstić information content (AvgIpc) is 2.63. The van der Waals surface area contributed by atoms with E-state index in [0.29, 0.717) is 10.6 Å². The van der Waals surface area contributed by atoms with Crippen molar-refractivity contribution in [2.24, 2.45) is 5.92 Å². The molecule has 1 aliphatic rings. The minimum Gasteiger partial charge on any atom is -0.372 e. The second-order valence-corrected chi connectivity index (χ2v) is 7.34. The van der Waals surface area contributed by atoms with E-state index in [1.165, 1.54) is 18.5 Å². The number of piperidine rings is 1. The van der Waals surface area contributed by atoms with Crippen LogP contribution in [0.1, 0.15) is 48.7 Å². The van der Waals surface area contributed by atoms with Crippen LogP contribution < -0.4 is 10.2 Å². The maximum absolute atomic E-state index is 12.4. The predicted octanol–water partition coefficient (Wildman–Crippen LogP) is 5.07. The highest BCUT2D eigenvalue weighted by Gasteiger charge is 2.17. The number of nitrogens with zero attached hydrogens (tertiary/aromatic N) is 1. The van der Waals surface area contributed by atoms with Gasteiger partial charge in [0.15, 0.2) is 0 Å². The van der Waals surface area contributed by atoms with Crippen molar-refractivity contribution in [3.8, 4) is 0 Å². The van der Waals surface area contributed by atoms with E-state index in [1.54, 1.807) is 12.1 Å². The van der Waals surface area contributed by atoms with Gasteiger partial charge in [0.1, 0.15) is 0 Å². The van der Waals surface area contributed by atoms with Gasteiger partial charge >= 0.3 is 0 Å². The number of carbonyl (C=O) groups is 1. The molecule has 0 bridgehead atoms. The van der Waals surface area contributed by atoms with Crippen molar-refractivity contribution in [3.05, 3.63) is 64.7 Å². The number of benzene rings is 2. The van der Waals surface area contributed by atoms with E-state index in [9.17, 15) is 4.79 Å². The van der Waals surface area contributed by atoms with Crippen molar-refractivity contribution in [1.82, 2.24) is 5.32 Å². The Hall–Kier alpha value is -2.00. The summed E-state index contributed by atoms with van der Waals surface area (Å²) in [6.07, 6.45) is 2.51. The van der Waals surface area contributed by atoms with Gasteiger partial charge in [-0.15, -0.1) is 0 Å². The van der Waals surface area contributed by atoms with Crippen molar-refractivity contribution in [2.45, 2.75) is 32.7 Å². The molecule has 0 saturated carbocycles. The van der Waals surface area contributed by atoms with Crippen LogP contribution in [0.4, 0.5) is 5.69 Å². The Morgan fingerprint density at radius 2 is 1.76 bits per heavy atom. The van der Waals surface area contributed by atoms with Crippen LogP contribution in [0.3, 0.4) is 0 Å². The summed E-state index contributed by atoms with van der Waals surface area (Å²) in [4.78, 5) is 14.8. The van der Waals surface area contributed by atoms with Gasteiger partial charge in [0.2, 0.25) is 0 Å². The first-order valence-electron chi connectivity index (χ1n) is 8.95. The number of anilines is 1. The second-order valence-electron chi connectivity index (χ2n) is 6.94. The van der Waals surface area contributed by atoms with Gasteiger partial charge in [-0.1, -0.05) is 42.8 Å². The number of carbonyl (C=O) groups excluding carboxylic acids is 1. The van der Waals surface area contributed by atoms with Gasteiger partial charge in [0.05, 0.1) is 16.6 Å². The van der Waals surface area contributed by atoms with Crippen LogP contribution in [0.15, 0.2) is 48.5 Å². The van der Waals surface area contributed by atoms with Crippen LogP contribution >= 0.6 is 11.6 Å². The number of rotatable bonds is 4. The number of amides is 1. The highest BCUT2D eigenvalue weighted by Crippen LogP contribution is 2.25. The summed E-state index contributed by atoms with van der Waals surface area (Å²) in [5, 5.41) is 3.50. The third-order valence-electron chi connectivity index (χ3n) is 5.01. The summed E-state index contributed by atoms with van der Waals surface area (Å²) in [5.41, 5.74) is 2.87. The highest BCUT2D eigenvalue weighted by molar-refractivity contribution is 6.33. The smallest absolute Gasteiger partial charge is 0.253 e. The fraction of sp³-hybridized carbons (Fsp3) is 0.381. The zero-order chi connectivity index (χ0) is 17.8. The van der Waals surface area contributed by atoms with E-state index in [4.69, 9.17) is 11.6 Å². The Bertz CT molecular complexity index is 721. The standard InChI is InChI=1S/C21H25ClN2O/c1-15-11-13-24(14-12-15)18-9-7-17(8-10-18)16(2)23-21(25)19-5-3-4-6-20(19)22/h3-10,15-16H,11-14H2,1-2H3,(H,23,25)/t16-/m1/s1. The van der Waals surface area contributed by atoms with Gasteiger partial charge in [-0.3, -0.25) is 4.79 Å². The van der Waals surface area contributed by atoms with Crippen LogP contribution in [0.25, 0.3) is 0 Å². The van der Waals surface area contributed by atoms with Gasteiger partial charge in [0, 0.05) is 18.8 Å². The quantitative estimate of drug-likeness (QED) is 0.829. The summed E-state index contributed by atoms with van der Waals surface area (Å²) in [6.45, 7) is 6.56. The predicted molar refractivity (Wildman–Crippen MR) is 104 cm³/mol. The molecule has 0 aromatic heterocycles. The molecule has 1 amide bonds. The topological polar surface area (TPSA) is 32.3 Å². The fourth-order valence-electron chi connectivity index (χ4n) is 3.24. The summed E-state index contributed by atoms with van der Waals surface area (Å²) < 4.78 is 0. The Balaban J connectivity index is 1.64. The largest absolute Gasteiger partial charge is 0.372 e. The molecule has 2 aromatic rings. The monoisotopic (exact) mass is 356 g/mol. The molecule has 2 aromatic carbocycles. The first-order valence-corrected chi connectivity index (χ1v) is 9.32. The molecule has 4 heteroatoms. The Morgan fingerprint density at radius 1 is 1.12 bits per heavy atom. The van der Waals surface area contributed by atoms with Crippen molar-refractivity contribution < 1.29 is 4.79 Å². The number of nitrogens with one attached hydrogen (secondary N) is 1. The summed E-state index contributed by atoms with van der Waals surface area (Å²) >= 11 is 6.10. The normalized spacial score (nSPS) is 16.5. The molecule has 0 spiro atoms. The van der Waals surface area contributed by atoms with Gasteiger partial charge in [0.25, 0.3) is 5.91 Å². The Kier molecular flexibility index (Phi) is 5.64. The molecule has 3 rings (SSSR count). The molecule has 3 nitrogen and oxygen atoms in total. The van der Waals surface area contributed by atoms with Crippen LogP contribution in [0, 0.1) is 5.92 Å². The van der Waals surface area contributed by atoms with Crippen LogP contribution in [-0.4, -0.2) is 19.0 Å². The number of hydrogen-bond donors (Lipinski definition) is 1. The van der Waals surface area contributed by atoms with E-state index in [1.807, 2.05) is 19.1 Å². The molecular weight excluding hydrogens is 332 g/mol. The second kappa shape index (κ2) is 7.92. The lowest BCUT2D eigenvalue weighted by molar-refractivity contribution is 0.0940. The zero-order valence-corrected chi connectivity index (χ0v) is 15.6. The molecule has 1 heterocycles. The van der Waals surface area contributed by atoms with E-state index in [2.05, 4.69) is 41.4 Å². The lowest BCUT2D eigenvalue weighted by atomic mass is 9.98. The van der Waals surface area contributed by atoms with Crippen molar-refractivity contribution in [1.29, 1.82) is 0 Å². The molecule has 1 fully saturated rings. The maximum atomic E-state index is 12.4. The van der Waals surface area contributed by atoms with Gasteiger partial charge in [-0.05, 0) is 55.5 Å². The minimum absolute atomic E-state index is 0.0702. The number of halogens is 1. The molecular formula is C21H25ClN2O. The Labute approximate surface area is 155 Å². The molecule has 1 atom stereocenters. The lowest BCUT2D eigenvalue weighted by Gasteiger charge is -2.32. The van der Waals surface area contributed by atoms with E-state index >= 15 is 0 Å². The summed E-state index contributed by atoms with van der Waals surface area (Å²) in [7, 11) is 0. The van der Waals surface area contributed by atoms with Crippen LogP contribution in [-0.2, 0) is 0 Å². The average molecular weight is 357 g/mol. The SMILES string of the molecule is CC1CCN(c2ccc([C@@H](C)NC(=O)c3ccccc3Cl)cc2)CC1. The summed E-state index contributed by atoms with van der Waals surface area (Å²) in [6, 6.07) is 15.6. The number of hydrogen-bond acceptors (Lipinski definition) is 2. The molecule has 25 heavy (non-hydrogen) atoms. The summed E-state index contributed by atoms with van der Waals surface area (Å²) in [5.74, 6) is 0.683. The molecule has 1 N–H and O–H groups in total. The maximum Gasteiger partial charge on any atom is 0.253 e. The zero-order valence-electron chi connectivity index (χ0n) is 14.8.